The summed E-state index contributed by atoms with van der Waals surface area (Å²) in [5.74, 6) is -0.602. The van der Waals surface area contributed by atoms with E-state index >= 15 is 0 Å². The van der Waals surface area contributed by atoms with Crippen molar-refractivity contribution in [1.82, 2.24) is 20.5 Å². The Bertz CT molecular complexity index is 1910. The van der Waals surface area contributed by atoms with Crippen LogP contribution in [0.3, 0.4) is 0 Å². The van der Waals surface area contributed by atoms with Gasteiger partial charge in [0.05, 0.1) is 74.6 Å². The van der Waals surface area contributed by atoms with Crippen molar-refractivity contribution in [3.05, 3.63) is 59.2 Å². The number of ether oxygens (including phenoxy) is 5. The molecule has 0 bridgehead atoms. The third-order valence-electron chi connectivity index (χ3n) is 9.96. The molecule has 19 heteroatoms. The van der Waals surface area contributed by atoms with Crippen molar-refractivity contribution < 1.29 is 57.5 Å². The average molecular weight is 876 g/mol. The predicted molar refractivity (Wildman–Crippen MR) is 224 cm³/mol. The second kappa shape index (κ2) is 21.8. The van der Waals surface area contributed by atoms with Crippen LogP contribution in [0, 0.1) is 6.92 Å². The molecule has 1 unspecified atom stereocenters. The summed E-state index contributed by atoms with van der Waals surface area (Å²) in [6.07, 6.45) is -1.97. The minimum absolute atomic E-state index is 0.0286. The molecule has 1 saturated carbocycles. The molecule has 328 valence electrons. The van der Waals surface area contributed by atoms with Crippen LogP contribution in [0.2, 0.25) is 0 Å². The molecule has 3 aromatic rings. The number of alkyl halides is 1. The van der Waals surface area contributed by atoms with Gasteiger partial charge in [-0.15, -0.1) is 11.3 Å². The molecule has 2 aliphatic rings. The Morgan fingerprint density at radius 2 is 1.68 bits per heavy atom. The molecule has 1 aliphatic carbocycles. The topological polar surface area (TPSA) is 207 Å². The Kier molecular flexibility index (Phi) is 16.9. The number of halogens is 1. The molecule has 5 rings (SSSR count). The van der Waals surface area contributed by atoms with Gasteiger partial charge in [0.15, 0.2) is 5.67 Å². The molecule has 1 aliphatic heterocycles. The van der Waals surface area contributed by atoms with E-state index in [0.29, 0.717) is 62.6 Å². The second-order valence-electron chi connectivity index (χ2n) is 14.9. The number of anilines is 1. The zero-order valence-corrected chi connectivity index (χ0v) is 35.8. The summed E-state index contributed by atoms with van der Waals surface area (Å²) >= 11 is 2.92. The van der Waals surface area contributed by atoms with Gasteiger partial charge in [-0.1, -0.05) is 24.3 Å². The molecule has 4 amide bonds. The van der Waals surface area contributed by atoms with Crippen LogP contribution in [0.4, 0.5) is 14.9 Å². The zero-order valence-electron chi connectivity index (χ0n) is 34.2. The number of benzene rings is 2. The first-order valence-electron chi connectivity index (χ1n) is 19.6. The number of thiazole rings is 1. The number of nitrogens with zero attached hydrogens (tertiary/aromatic N) is 2. The van der Waals surface area contributed by atoms with Crippen LogP contribution in [0.1, 0.15) is 44.4 Å². The summed E-state index contributed by atoms with van der Waals surface area (Å²) in [5.41, 5.74) is 2.90. The smallest absolute Gasteiger partial charge is 0.409 e. The van der Waals surface area contributed by atoms with Gasteiger partial charge < -0.3 is 49.4 Å². The molecule has 1 aromatic heterocycles. The summed E-state index contributed by atoms with van der Waals surface area (Å²) in [6.45, 7) is 7.77. The molecule has 16 nitrogen and oxygen atoms in total. The Labute approximate surface area is 356 Å². The summed E-state index contributed by atoms with van der Waals surface area (Å²) in [4.78, 5) is 58.3. The van der Waals surface area contributed by atoms with Gasteiger partial charge in [-0.25, -0.2) is 14.2 Å². The van der Waals surface area contributed by atoms with Crippen LogP contribution in [0.5, 0.6) is 11.5 Å². The van der Waals surface area contributed by atoms with Gasteiger partial charge in [0.1, 0.15) is 30.2 Å². The molecule has 0 spiro atoms. The molecular weight excluding hydrogens is 822 g/mol. The highest BCUT2D eigenvalue weighted by Gasteiger charge is 2.54. The minimum Gasteiger partial charge on any atom is -0.494 e. The van der Waals surface area contributed by atoms with Crippen molar-refractivity contribution in [2.24, 2.45) is 0 Å². The normalized spacial score (nSPS) is 17.5. The fourth-order valence-corrected chi connectivity index (χ4v) is 8.31. The van der Waals surface area contributed by atoms with Crippen LogP contribution >= 0.6 is 23.1 Å². The number of hydrogen-bond acceptors (Lipinski definition) is 13. The lowest BCUT2D eigenvalue weighted by molar-refractivity contribution is -0.143. The van der Waals surface area contributed by atoms with E-state index in [-0.39, 0.29) is 39.0 Å². The highest BCUT2D eigenvalue weighted by molar-refractivity contribution is 8.00. The molecule has 2 aromatic carbocycles. The van der Waals surface area contributed by atoms with Gasteiger partial charge in [-0.3, -0.25) is 19.7 Å². The van der Waals surface area contributed by atoms with Gasteiger partial charge in [0.2, 0.25) is 11.8 Å². The summed E-state index contributed by atoms with van der Waals surface area (Å²) in [5, 5.41) is 27.3. The first-order valence-corrected chi connectivity index (χ1v) is 21.5. The average Bonchev–Trinajstić information content (AvgIpc) is 3.63. The van der Waals surface area contributed by atoms with Gasteiger partial charge in [0, 0.05) is 36.1 Å². The first kappa shape index (κ1) is 46.5. The second-order valence-corrected chi connectivity index (χ2v) is 17.5. The number of likely N-dealkylation sites (tertiary alicyclic amines) is 1. The molecule has 60 heavy (non-hydrogen) atoms. The predicted octanol–water partition coefficient (Wildman–Crippen LogP) is 4.42. The number of methoxy groups -OCH3 is 1. The number of amides is 4. The fraction of sp³-hybridized carbons (Fsp3) is 0.537. The minimum atomic E-state index is -2.03. The summed E-state index contributed by atoms with van der Waals surface area (Å²) < 4.78 is 41.6. The number of rotatable bonds is 24. The largest absolute Gasteiger partial charge is 0.494 e. The number of nitrogens with one attached hydrogen (secondary N) is 3. The number of aliphatic hydroxyl groups is 1. The van der Waals surface area contributed by atoms with Crippen LogP contribution in [0.15, 0.2) is 48.0 Å². The number of aromatic nitrogens is 1. The number of β-amino-alcohol motifs (C(OH)–C–C–N with tert-alkyl or cyclic N) is 1. The Balaban J connectivity index is 1.02. The quantitative estimate of drug-likeness (QED) is 0.0792. The lowest BCUT2D eigenvalue weighted by Gasteiger charge is -2.37. The van der Waals surface area contributed by atoms with E-state index < -0.39 is 52.4 Å². The van der Waals surface area contributed by atoms with Crippen molar-refractivity contribution in [2.45, 2.75) is 75.2 Å². The van der Waals surface area contributed by atoms with E-state index in [1.54, 1.807) is 48.9 Å². The number of hydrogen-bond donors (Lipinski definition) is 5. The van der Waals surface area contributed by atoms with Crippen molar-refractivity contribution in [1.29, 1.82) is 0 Å². The third-order valence-corrected chi connectivity index (χ3v) is 12.3. The van der Waals surface area contributed by atoms with Crippen LogP contribution in [-0.2, 0) is 35.1 Å². The molecule has 1 saturated heterocycles. The Morgan fingerprint density at radius 3 is 2.30 bits per heavy atom. The maximum Gasteiger partial charge on any atom is 0.409 e. The zero-order chi connectivity index (χ0) is 43.3. The lowest BCUT2D eigenvalue weighted by atomic mass is 10.00. The van der Waals surface area contributed by atoms with Crippen molar-refractivity contribution in [3.63, 3.8) is 0 Å². The van der Waals surface area contributed by atoms with E-state index in [2.05, 4.69) is 20.9 Å². The van der Waals surface area contributed by atoms with Gasteiger partial charge in [0.25, 0.3) is 5.91 Å². The third kappa shape index (κ3) is 13.2. The van der Waals surface area contributed by atoms with Crippen molar-refractivity contribution in [2.75, 3.05) is 71.0 Å². The molecule has 0 radical (unpaired) electrons. The van der Waals surface area contributed by atoms with Crippen LogP contribution < -0.4 is 25.4 Å². The van der Waals surface area contributed by atoms with Crippen molar-refractivity contribution >= 4 is 52.6 Å². The SMILES string of the molecule is COc1cc(OCCOCCOCCOCCSC(C)(C)C(NC(=O)C2(F)CC2)C(=O)N2C[C@H](O)C[C@@H]2C(=O)NCc2ccc(-c3scnc3C)cc2)ccc1NC(=O)O. The number of thioether (sulfide) groups is 1. The van der Waals surface area contributed by atoms with Crippen molar-refractivity contribution in [3.8, 4) is 21.9 Å². The van der Waals surface area contributed by atoms with Gasteiger partial charge >= 0.3 is 6.09 Å². The number of carbonyl (C=O) groups is 4. The van der Waals surface area contributed by atoms with Crippen LogP contribution in [-0.4, -0.2) is 138 Å². The number of carbonyl (C=O) groups excluding carboxylic acids is 3. The van der Waals surface area contributed by atoms with Gasteiger partial charge in [-0.2, -0.15) is 11.8 Å². The highest BCUT2D eigenvalue weighted by Crippen LogP contribution is 2.41. The number of carboxylic acid groups (broad SMARTS) is 1. The van der Waals surface area contributed by atoms with E-state index in [0.717, 1.165) is 21.7 Å². The van der Waals surface area contributed by atoms with Crippen LogP contribution in [0.25, 0.3) is 10.4 Å². The van der Waals surface area contributed by atoms with E-state index in [1.807, 2.05) is 31.2 Å². The molecule has 5 N–H and O–H groups in total. The first-order chi connectivity index (χ1) is 28.7. The van der Waals surface area contributed by atoms with E-state index in [9.17, 15) is 28.7 Å². The number of aryl methyl sites for hydroxylation is 1. The molecule has 2 fully saturated rings. The highest BCUT2D eigenvalue weighted by atomic mass is 32.2. The monoisotopic (exact) mass is 875 g/mol. The standard InChI is InChI=1S/C41H54FN5O11S2/c1-26-34(59-25-44-26)28-7-5-27(6-8-28)23-43-36(49)32-21-29(48)24-47(32)37(50)35(46-38(51)41(42)11-12-41)40(2,3)60-20-19-57-16-15-55-13-14-56-17-18-58-30-9-10-31(45-39(52)53)33(22-30)54-4/h5-10,22,25,29,32,35,45,48H,11-21,23-24H2,1-4H3,(H,43,49)(H,46,51)(H,52,53)/t29-,32-,35?/m1/s1. The summed E-state index contributed by atoms with van der Waals surface area (Å²) in [7, 11) is 1.43. The Hall–Kier alpha value is -4.53. The fourth-order valence-electron chi connectivity index (χ4n) is 6.45. The van der Waals surface area contributed by atoms with E-state index in [1.165, 1.54) is 23.8 Å². The van der Waals surface area contributed by atoms with Gasteiger partial charge in [-0.05, 0) is 56.9 Å². The lowest BCUT2D eigenvalue weighted by Crippen LogP contribution is -2.61. The maximum absolute atomic E-state index is 14.9. The maximum atomic E-state index is 14.9. The molecule has 2 heterocycles. The molecular formula is C41H54FN5O11S2. The molecule has 3 atom stereocenters. The summed E-state index contributed by atoms with van der Waals surface area (Å²) in [6, 6.07) is 10.3. The number of aliphatic hydroxyl groups excluding tert-OH is 1. The Morgan fingerprint density at radius 1 is 1.02 bits per heavy atom. The van der Waals surface area contributed by atoms with E-state index in [4.69, 9.17) is 28.8 Å².